The summed E-state index contributed by atoms with van der Waals surface area (Å²) in [5.74, 6) is 0.827. The Kier molecular flexibility index (Phi) is 6.16. The van der Waals surface area contributed by atoms with Gasteiger partial charge >= 0.3 is 0 Å². The van der Waals surface area contributed by atoms with Gasteiger partial charge < -0.3 is 15.5 Å². The van der Waals surface area contributed by atoms with Gasteiger partial charge in [0.15, 0.2) is 5.96 Å². The second-order valence-electron chi connectivity index (χ2n) is 6.87. The number of aryl methyl sites for hydroxylation is 2. The van der Waals surface area contributed by atoms with Gasteiger partial charge in [-0.2, -0.15) is 5.10 Å². The number of rotatable bonds is 6. The molecule has 0 amide bonds. The quantitative estimate of drug-likeness (QED) is 0.469. The van der Waals surface area contributed by atoms with Crippen LogP contribution in [0.2, 0.25) is 0 Å². The molecule has 0 aliphatic carbocycles. The molecule has 1 aromatic heterocycles. The monoisotopic (exact) mass is 366 g/mol. The summed E-state index contributed by atoms with van der Waals surface area (Å²) in [6.07, 6.45) is 4.42. The highest BCUT2D eigenvalue weighted by Crippen LogP contribution is 2.19. The van der Waals surface area contributed by atoms with Crippen molar-refractivity contribution >= 4 is 11.6 Å². The van der Waals surface area contributed by atoms with E-state index in [1.807, 2.05) is 18.7 Å². The number of guanidine groups is 1. The molecular formula is C21H30N6. The molecule has 2 aromatic rings. The molecule has 0 radical (unpaired) electrons. The zero-order chi connectivity index (χ0) is 19.2. The number of aliphatic imine (C=N–C) groups is 1. The maximum atomic E-state index is 4.77. The summed E-state index contributed by atoms with van der Waals surface area (Å²) in [7, 11) is 1.98. The van der Waals surface area contributed by atoms with Crippen LogP contribution in [0.4, 0.5) is 5.69 Å². The minimum absolute atomic E-state index is 0.648. The highest BCUT2D eigenvalue weighted by atomic mass is 15.3. The first-order valence-corrected chi connectivity index (χ1v) is 9.58. The molecular weight excluding hydrogens is 336 g/mol. The Morgan fingerprint density at radius 1 is 1.19 bits per heavy atom. The molecule has 2 N–H and O–H groups in total. The Labute approximate surface area is 162 Å². The summed E-state index contributed by atoms with van der Waals surface area (Å²) in [6, 6.07) is 8.64. The lowest BCUT2D eigenvalue weighted by atomic mass is 10.2. The van der Waals surface area contributed by atoms with Gasteiger partial charge in [0.2, 0.25) is 0 Å². The molecule has 0 fully saturated rings. The first-order chi connectivity index (χ1) is 13.1. The van der Waals surface area contributed by atoms with Crippen LogP contribution in [0.1, 0.15) is 29.4 Å². The number of anilines is 1. The fraction of sp³-hybridized carbons (Fsp3) is 0.429. The Bertz CT molecular complexity index is 825. The SMILES string of the molecule is CCNC(=NCc1cccc(N2CC=CC2)c1)NCc1c(C)nn(C)c1C. The van der Waals surface area contributed by atoms with E-state index in [-0.39, 0.29) is 0 Å². The Balaban J connectivity index is 1.66. The van der Waals surface area contributed by atoms with Crippen LogP contribution in [0.25, 0.3) is 0 Å². The third-order valence-electron chi connectivity index (χ3n) is 4.95. The van der Waals surface area contributed by atoms with Gasteiger partial charge in [-0.15, -0.1) is 0 Å². The van der Waals surface area contributed by atoms with E-state index in [1.54, 1.807) is 0 Å². The fourth-order valence-electron chi connectivity index (χ4n) is 3.30. The van der Waals surface area contributed by atoms with Gasteiger partial charge in [0.05, 0.1) is 12.2 Å². The number of hydrogen-bond acceptors (Lipinski definition) is 3. The van der Waals surface area contributed by atoms with Crippen molar-refractivity contribution in [1.82, 2.24) is 20.4 Å². The summed E-state index contributed by atoms with van der Waals surface area (Å²) in [5.41, 5.74) is 5.94. The number of hydrogen-bond donors (Lipinski definition) is 2. The van der Waals surface area contributed by atoms with E-state index in [0.717, 1.165) is 37.8 Å². The Morgan fingerprint density at radius 2 is 1.96 bits per heavy atom. The van der Waals surface area contributed by atoms with Crippen LogP contribution in [0.15, 0.2) is 41.4 Å². The number of nitrogens with zero attached hydrogens (tertiary/aromatic N) is 4. The van der Waals surface area contributed by atoms with Crippen molar-refractivity contribution in [2.24, 2.45) is 12.0 Å². The van der Waals surface area contributed by atoms with Crippen LogP contribution in [0.3, 0.4) is 0 Å². The number of nitrogens with one attached hydrogen (secondary N) is 2. The van der Waals surface area contributed by atoms with E-state index in [4.69, 9.17) is 4.99 Å². The van der Waals surface area contributed by atoms with Crippen molar-refractivity contribution in [3.05, 3.63) is 58.9 Å². The van der Waals surface area contributed by atoms with Crippen molar-refractivity contribution in [2.45, 2.75) is 33.9 Å². The summed E-state index contributed by atoms with van der Waals surface area (Å²) in [5, 5.41) is 11.2. The predicted octanol–water partition coefficient (Wildman–Crippen LogP) is 2.67. The average Bonchev–Trinajstić information content (AvgIpc) is 3.28. The van der Waals surface area contributed by atoms with Crippen LogP contribution in [-0.4, -0.2) is 35.4 Å². The number of aromatic nitrogens is 2. The smallest absolute Gasteiger partial charge is 0.191 e. The van der Waals surface area contributed by atoms with Gasteiger partial charge in [0, 0.05) is 50.2 Å². The summed E-state index contributed by atoms with van der Waals surface area (Å²) < 4.78 is 1.93. The molecule has 2 heterocycles. The lowest BCUT2D eigenvalue weighted by Crippen LogP contribution is -2.37. The van der Waals surface area contributed by atoms with Crippen LogP contribution in [0.5, 0.6) is 0 Å². The maximum absolute atomic E-state index is 4.77. The molecule has 1 aliphatic rings. The topological polar surface area (TPSA) is 57.5 Å². The van der Waals surface area contributed by atoms with Crippen molar-refractivity contribution < 1.29 is 0 Å². The van der Waals surface area contributed by atoms with E-state index in [0.29, 0.717) is 6.54 Å². The molecule has 0 unspecified atom stereocenters. The second-order valence-corrected chi connectivity index (χ2v) is 6.87. The molecule has 1 aliphatic heterocycles. The van der Waals surface area contributed by atoms with Crippen LogP contribution in [-0.2, 0) is 20.1 Å². The van der Waals surface area contributed by atoms with Crippen molar-refractivity contribution in [3.8, 4) is 0 Å². The minimum atomic E-state index is 0.648. The molecule has 3 rings (SSSR count). The molecule has 0 saturated heterocycles. The lowest BCUT2D eigenvalue weighted by Gasteiger charge is -2.18. The van der Waals surface area contributed by atoms with Crippen LogP contribution in [0, 0.1) is 13.8 Å². The molecule has 0 spiro atoms. The van der Waals surface area contributed by atoms with Gasteiger partial charge in [-0.3, -0.25) is 4.68 Å². The molecule has 6 heteroatoms. The van der Waals surface area contributed by atoms with Gasteiger partial charge in [-0.25, -0.2) is 4.99 Å². The molecule has 6 nitrogen and oxygen atoms in total. The third-order valence-corrected chi connectivity index (χ3v) is 4.95. The largest absolute Gasteiger partial charge is 0.364 e. The number of benzene rings is 1. The van der Waals surface area contributed by atoms with E-state index >= 15 is 0 Å². The van der Waals surface area contributed by atoms with E-state index < -0.39 is 0 Å². The van der Waals surface area contributed by atoms with Crippen molar-refractivity contribution in [3.63, 3.8) is 0 Å². The summed E-state index contributed by atoms with van der Waals surface area (Å²) in [4.78, 5) is 7.12. The summed E-state index contributed by atoms with van der Waals surface area (Å²) >= 11 is 0. The molecule has 27 heavy (non-hydrogen) atoms. The molecule has 144 valence electrons. The zero-order valence-electron chi connectivity index (χ0n) is 16.8. The van der Waals surface area contributed by atoms with Crippen molar-refractivity contribution in [2.75, 3.05) is 24.5 Å². The summed E-state index contributed by atoms with van der Waals surface area (Å²) in [6.45, 7) is 10.4. The van der Waals surface area contributed by atoms with Gasteiger partial charge in [0.1, 0.15) is 0 Å². The fourth-order valence-corrected chi connectivity index (χ4v) is 3.30. The molecule has 1 aromatic carbocycles. The Morgan fingerprint density at radius 3 is 2.63 bits per heavy atom. The van der Waals surface area contributed by atoms with Crippen molar-refractivity contribution in [1.29, 1.82) is 0 Å². The van der Waals surface area contributed by atoms with Gasteiger partial charge in [-0.1, -0.05) is 24.3 Å². The van der Waals surface area contributed by atoms with Gasteiger partial charge in [0.25, 0.3) is 0 Å². The Hall–Kier alpha value is -2.76. The first-order valence-electron chi connectivity index (χ1n) is 9.58. The van der Waals surface area contributed by atoms with Crippen LogP contribution < -0.4 is 15.5 Å². The van der Waals surface area contributed by atoms with Crippen LogP contribution >= 0.6 is 0 Å². The lowest BCUT2D eigenvalue weighted by molar-refractivity contribution is 0.728. The third kappa shape index (κ3) is 4.70. The molecule has 0 bridgehead atoms. The minimum Gasteiger partial charge on any atom is -0.364 e. The maximum Gasteiger partial charge on any atom is 0.191 e. The second kappa shape index (κ2) is 8.75. The van der Waals surface area contributed by atoms with E-state index in [2.05, 4.69) is 70.9 Å². The normalized spacial score (nSPS) is 14.1. The zero-order valence-corrected chi connectivity index (χ0v) is 16.8. The first kappa shape index (κ1) is 19.0. The van der Waals surface area contributed by atoms with Gasteiger partial charge in [-0.05, 0) is 38.5 Å². The average molecular weight is 367 g/mol. The molecule has 0 saturated carbocycles. The molecule has 0 atom stereocenters. The predicted molar refractivity (Wildman–Crippen MR) is 112 cm³/mol. The highest BCUT2D eigenvalue weighted by Gasteiger charge is 2.10. The highest BCUT2D eigenvalue weighted by molar-refractivity contribution is 5.79. The standard InChI is InChI=1S/C21H30N6/c1-5-22-21(24-15-20-16(2)25-26(4)17(20)3)23-14-18-9-8-10-19(13-18)27-11-6-7-12-27/h6-10,13H,5,11-12,14-15H2,1-4H3,(H2,22,23,24). The van der Waals surface area contributed by atoms with E-state index in [1.165, 1.54) is 22.5 Å². The van der Waals surface area contributed by atoms with E-state index in [9.17, 15) is 0 Å².